The summed E-state index contributed by atoms with van der Waals surface area (Å²) in [6.45, 7) is 0.0676. The number of rotatable bonds is 7. The first-order valence-corrected chi connectivity index (χ1v) is 7.47. The lowest BCUT2D eigenvalue weighted by atomic mass is 10.2. The van der Waals surface area contributed by atoms with Crippen molar-refractivity contribution in [3.05, 3.63) is 65.2 Å². The normalized spacial score (nSPS) is 9.96. The quantitative estimate of drug-likeness (QED) is 0.816. The minimum Gasteiger partial charge on any atom is -0.484 e. The van der Waals surface area contributed by atoms with Crippen molar-refractivity contribution in [3.63, 3.8) is 0 Å². The molecule has 0 spiro atoms. The second-order valence-corrected chi connectivity index (χ2v) is 5.15. The van der Waals surface area contributed by atoms with Crippen LogP contribution in [0.15, 0.2) is 54.6 Å². The molecule has 0 radical (unpaired) electrons. The van der Waals surface area contributed by atoms with Crippen molar-refractivity contribution in [3.8, 4) is 5.75 Å². The van der Waals surface area contributed by atoms with E-state index < -0.39 is 0 Å². The fourth-order valence-electron chi connectivity index (χ4n) is 1.79. The summed E-state index contributed by atoms with van der Waals surface area (Å²) in [6, 6.07) is 16.2. The van der Waals surface area contributed by atoms with Crippen LogP contribution < -0.4 is 15.4 Å². The summed E-state index contributed by atoms with van der Waals surface area (Å²) in [5, 5.41) is 5.78. The Morgan fingerprint density at radius 2 is 1.61 bits per heavy atom. The Morgan fingerprint density at radius 3 is 2.35 bits per heavy atom. The van der Waals surface area contributed by atoms with Crippen LogP contribution in [0.25, 0.3) is 0 Å². The van der Waals surface area contributed by atoms with Crippen LogP contribution in [0.1, 0.15) is 5.56 Å². The van der Waals surface area contributed by atoms with Crippen LogP contribution >= 0.6 is 11.6 Å². The smallest absolute Gasteiger partial charge is 0.258 e. The summed E-state index contributed by atoms with van der Waals surface area (Å²) >= 11 is 6.00. The first-order chi connectivity index (χ1) is 11.1. The highest BCUT2D eigenvalue weighted by Crippen LogP contribution is 2.14. The molecule has 23 heavy (non-hydrogen) atoms. The minimum absolute atomic E-state index is 0.110. The van der Waals surface area contributed by atoms with Crippen LogP contribution in [0.5, 0.6) is 5.75 Å². The van der Waals surface area contributed by atoms with E-state index in [1.165, 1.54) is 0 Å². The SMILES string of the molecule is O=C(CNC(=O)COc1ccccc1)NCc1ccccc1Cl. The van der Waals surface area contributed by atoms with Gasteiger partial charge in [0, 0.05) is 11.6 Å². The Kier molecular flexibility index (Phi) is 6.44. The van der Waals surface area contributed by atoms with Gasteiger partial charge < -0.3 is 15.4 Å². The third-order valence-corrected chi connectivity index (χ3v) is 3.36. The van der Waals surface area contributed by atoms with Crippen molar-refractivity contribution in [2.75, 3.05) is 13.2 Å². The zero-order chi connectivity index (χ0) is 16.5. The number of ether oxygens (including phenoxy) is 1. The van der Waals surface area contributed by atoms with Crippen molar-refractivity contribution in [2.45, 2.75) is 6.54 Å². The van der Waals surface area contributed by atoms with E-state index in [4.69, 9.17) is 16.3 Å². The molecule has 2 amide bonds. The first-order valence-electron chi connectivity index (χ1n) is 7.10. The number of nitrogens with one attached hydrogen (secondary N) is 2. The molecule has 5 nitrogen and oxygen atoms in total. The van der Waals surface area contributed by atoms with E-state index in [2.05, 4.69) is 10.6 Å². The van der Waals surface area contributed by atoms with Crippen molar-refractivity contribution in [1.82, 2.24) is 10.6 Å². The van der Waals surface area contributed by atoms with E-state index in [0.717, 1.165) is 5.56 Å². The van der Waals surface area contributed by atoms with Gasteiger partial charge in [0.05, 0.1) is 6.54 Å². The third kappa shape index (κ3) is 6.00. The number of halogens is 1. The lowest BCUT2D eigenvalue weighted by Gasteiger charge is -2.09. The predicted octanol–water partition coefficient (Wildman–Crippen LogP) is 2.15. The van der Waals surface area contributed by atoms with Gasteiger partial charge in [-0.25, -0.2) is 0 Å². The van der Waals surface area contributed by atoms with Crippen LogP contribution in [0.3, 0.4) is 0 Å². The van der Waals surface area contributed by atoms with E-state index in [0.29, 0.717) is 17.3 Å². The van der Waals surface area contributed by atoms with Gasteiger partial charge in [-0.05, 0) is 23.8 Å². The van der Waals surface area contributed by atoms with E-state index in [-0.39, 0.29) is 25.0 Å². The molecule has 0 heterocycles. The minimum atomic E-state index is -0.359. The van der Waals surface area contributed by atoms with Crippen LogP contribution in [0.2, 0.25) is 5.02 Å². The van der Waals surface area contributed by atoms with Crippen LogP contribution in [-0.2, 0) is 16.1 Å². The molecule has 120 valence electrons. The van der Waals surface area contributed by atoms with Crippen molar-refractivity contribution in [2.24, 2.45) is 0 Å². The highest BCUT2D eigenvalue weighted by atomic mass is 35.5. The molecule has 0 atom stereocenters. The summed E-state index contributed by atoms with van der Waals surface area (Å²) in [6.07, 6.45) is 0. The summed E-state index contributed by atoms with van der Waals surface area (Å²) in [7, 11) is 0. The molecule has 0 aliphatic rings. The van der Waals surface area contributed by atoms with E-state index in [9.17, 15) is 9.59 Å². The molecule has 2 N–H and O–H groups in total. The second kappa shape index (κ2) is 8.80. The average molecular weight is 333 g/mol. The van der Waals surface area contributed by atoms with Crippen molar-refractivity contribution < 1.29 is 14.3 Å². The third-order valence-electron chi connectivity index (χ3n) is 2.99. The molecule has 6 heteroatoms. The molecule has 0 unspecified atom stereocenters. The van der Waals surface area contributed by atoms with E-state index in [1.807, 2.05) is 36.4 Å². The fraction of sp³-hybridized carbons (Fsp3) is 0.176. The van der Waals surface area contributed by atoms with Gasteiger partial charge in [-0.3, -0.25) is 9.59 Å². The first kappa shape index (κ1) is 16.8. The number of amides is 2. The highest BCUT2D eigenvalue weighted by molar-refractivity contribution is 6.31. The van der Waals surface area contributed by atoms with E-state index in [1.54, 1.807) is 18.2 Å². The molecule has 0 fully saturated rings. The Labute approximate surface area is 139 Å². The van der Waals surface area contributed by atoms with Gasteiger partial charge >= 0.3 is 0 Å². The largest absolute Gasteiger partial charge is 0.484 e. The molecule has 0 aliphatic heterocycles. The van der Waals surface area contributed by atoms with Gasteiger partial charge in [-0.15, -0.1) is 0 Å². The molecule has 0 saturated carbocycles. The molecule has 0 bridgehead atoms. The number of benzene rings is 2. The summed E-state index contributed by atoms with van der Waals surface area (Å²) < 4.78 is 5.28. The standard InChI is InChI=1S/C17H17ClN2O3/c18-15-9-5-4-6-13(15)10-19-16(21)11-20-17(22)12-23-14-7-2-1-3-8-14/h1-9H,10-12H2,(H,19,21)(H,20,22). The number of hydrogen-bond donors (Lipinski definition) is 2. The molecule has 2 aromatic carbocycles. The topological polar surface area (TPSA) is 67.4 Å². The Bertz CT molecular complexity index is 662. The number of hydrogen-bond acceptors (Lipinski definition) is 3. The summed E-state index contributed by atoms with van der Waals surface area (Å²) in [5.41, 5.74) is 0.821. The van der Waals surface area contributed by atoms with Crippen molar-refractivity contribution >= 4 is 23.4 Å². The predicted molar refractivity (Wildman–Crippen MR) is 88.2 cm³/mol. The summed E-state index contributed by atoms with van der Waals surface area (Å²) in [5.74, 6) is -0.0504. The van der Waals surface area contributed by atoms with Gasteiger partial charge in [0.25, 0.3) is 5.91 Å². The van der Waals surface area contributed by atoms with Crippen LogP contribution in [0, 0.1) is 0 Å². The maximum atomic E-state index is 11.7. The van der Waals surface area contributed by atoms with Gasteiger partial charge in [-0.2, -0.15) is 0 Å². The molecular formula is C17H17ClN2O3. The highest BCUT2D eigenvalue weighted by Gasteiger charge is 2.07. The van der Waals surface area contributed by atoms with Crippen LogP contribution in [-0.4, -0.2) is 25.0 Å². The average Bonchev–Trinajstić information content (AvgIpc) is 2.58. The Morgan fingerprint density at radius 1 is 0.913 bits per heavy atom. The van der Waals surface area contributed by atoms with Gasteiger partial charge in [-0.1, -0.05) is 48.0 Å². The van der Waals surface area contributed by atoms with Gasteiger partial charge in [0.15, 0.2) is 6.61 Å². The molecule has 2 rings (SSSR count). The monoisotopic (exact) mass is 332 g/mol. The Hall–Kier alpha value is -2.53. The van der Waals surface area contributed by atoms with Crippen molar-refractivity contribution in [1.29, 1.82) is 0 Å². The van der Waals surface area contributed by atoms with Gasteiger partial charge in [0.2, 0.25) is 5.91 Å². The lowest BCUT2D eigenvalue weighted by molar-refractivity contribution is -0.127. The molecule has 2 aromatic rings. The van der Waals surface area contributed by atoms with Gasteiger partial charge in [0.1, 0.15) is 5.75 Å². The molecule has 0 aliphatic carbocycles. The van der Waals surface area contributed by atoms with Crippen LogP contribution in [0.4, 0.5) is 0 Å². The number of carbonyl (C=O) groups excluding carboxylic acids is 2. The zero-order valence-corrected chi connectivity index (χ0v) is 13.2. The fourth-order valence-corrected chi connectivity index (χ4v) is 2.00. The number of para-hydroxylation sites is 1. The Balaban J connectivity index is 1.66. The maximum absolute atomic E-state index is 11.7. The molecule has 0 aromatic heterocycles. The second-order valence-electron chi connectivity index (χ2n) is 4.75. The molecular weight excluding hydrogens is 316 g/mol. The number of carbonyl (C=O) groups is 2. The zero-order valence-electron chi connectivity index (χ0n) is 12.4. The van der Waals surface area contributed by atoms with E-state index >= 15 is 0 Å². The lowest BCUT2D eigenvalue weighted by Crippen LogP contribution is -2.38. The molecule has 0 saturated heterocycles. The maximum Gasteiger partial charge on any atom is 0.258 e. The summed E-state index contributed by atoms with van der Waals surface area (Å²) in [4.78, 5) is 23.3.